The van der Waals surface area contributed by atoms with Crippen molar-refractivity contribution >= 4 is 17.7 Å². The average molecular weight is 328 g/mol. The van der Waals surface area contributed by atoms with Crippen LogP contribution in [0.15, 0.2) is 77.0 Å². The highest BCUT2D eigenvalue weighted by atomic mass is 16.1. The SMILES string of the molecule is Cc1nn2c(c1-c1ccccc1)N=NC2C(=O)/C=C/c1ccccc1. The zero-order valence-electron chi connectivity index (χ0n) is 13.7. The summed E-state index contributed by atoms with van der Waals surface area (Å²) in [6, 6.07) is 19.6. The third kappa shape index (κ3) is 2.80. The Kier molecular flexibility index (Phi) is 3.82. The van der Waals surface area contributed by atoms with E-state index in [1.165, 1.54) is 6.08 Å². The quantitative estimate of drug-likeness (QED) is 0.650. The molecule has 5 nitrogen and oxygen atoms in total. The number of ketones is 1. The number of carbonyl (C=O) groups excluding carboxylic acids is 1. The number of hydrogen-bond acceptors (Lipinski definition) is 4. The van der Waals surface area contributed by atoms with Crippen LogP contribution in [-0.2, 0) is 4.79 Å². The number of benzene rings is 2. The first-order valence-corrected chi connectivity index (χ1v) is 8.06. The van der Waals surface area contributed by atoms with Gasteiger partial charge in [0.1, 0.15) is 0 Å². The first kappa shape index (κ1) is 15.2. The molecule has 0 bridgehead atoms. The van der Waals surface area contributed by atoms with E-state index in [4.69, 9.17) is 0 Å². The Labute approximate surface area is 145 Å². The van der Waals surface area contributed by atoms with Crippen LogP contribution in [-0.4, -0.2) is 15.6 Å². The first-order valence-electron chi connectivity index (χ1n) is 8.06. The molecule has 2 aromatic carbocycles. The summed E-state index contributed by atoms with van der Waals surface area (Å²) in [4.78, 5) is 12.5. The molecule has 5 heteroatoms. The second-order valence-corrected chi connectivity index (χ2v) is 5.83. The summed E-state index contributed by atoms with van der Waals surface area (Å²) in [7, 11) is 0. The maximum atomic E-state index is 12.5. The number of azo groups is 1. The van der Waals surface area contributed by atoms with Gasteiger partial charge in [-0.1, -0.05) is 66.7 Å². The largest absolute Gasteiger partial charge is 0.290 e. The Morgan fingerprint density at radius 1 is 1.04 bits per heavy atom. The minimum absolute atomic E-state index is 0.145. The van der Waals surface area contributed by atoms with Crippen molar-refractivity contribution in [2.45, 2.75) is 13.1 Å². The molecule has 0 fully saturated rings. The van der Waals surface area contributed by atoms with Gasteiger partial charge in [0.15, 0.2) is 5.82 Å². The standard InChI is InChI=1S/C20H16N4O/c1-14-18(16-10-6-3-7-11-16)20-22-21-19(24(20)23-14)17(25)13-12-15-8-4-2-5-9-15/h2-13,19H,1H3/b13-12+. The van der Waals surface area contributed by atoms with Crippen molar-refractivity contribution in [1.29, 1.82) is 0 Å². The van der Waals surface area contributed by atoms with E-state index in [-0.39, 0.29) is 5.78 Å². The Hall–Kier alpha value is -3.34. The molecule has 1 aliphatic heterocycles. The van der Waals surface area contributed by atoms with Gasteiger partial charge < -0.3 is 0 Å². The van der Waals surface area contributed by atoms with Crippen molar-refractivity contribution in [2.24, 2.45) is 10.2 Å². The van der Waals surface area contributed by atoms with Gasteiger partial charge in [0.05, 0.1) is 11.3 Å². The molecule has 122 valence electrons. The molecule has 0 radical (unpaired) electrons. The monoisotopic (exact) mass is 328 g/mol. The molecule has 1 aromatic heterocycles. The highest BCUT2D eigenvalue weighted by Crippen LogP contribution is 2.39. The van der Waals surface area contributed by atoms with Crippen molar-refractivity contribution in [3.63, 3.8) is 0 Å². The van der Waals surface area contributed by atoms with E-state index in [1.807, 2.05) is 67.6 Å². The van der Waals surface area contributed by atoms with Crippen LogP contribution < -0.4 is 0 Å². The van der Waals surface area contributed by atoms with Gasteiger partial charge in [-0.05, 0) is 24.1 Å². The summed E-state index contributed by atoms with van der Waals surface area (Å²) in [5, 5.41) is 12.9. The fraction of sp³-hybridized carbons (Fsp3) is 0.100. The summed E-state index contributed by atoms with van der Waals surface area (Å²) in [6.45, 7) is 1.92. The van der Waals surface area contributed by atoms with Crippen molar-refractivity contribution < 1.29 is 4.79 Å². The van der Waals surface area contributed by atoms with Gasteiger partial charge in [-0.2, -0.15) is 10.2 Å². The molecule has 0 aliphatic carbocycles. The Morgan fingerprint density at radius 2 is 1.72 bits per heavy atom. The van der Waals surface area contributed by atoms with Gasteiger partial charge in [0.25, 0.3) is 0 Å². The molecule has 3 aromatic rings. The number of carbonyl (C=O) groups is 1. The van der Waals surface area contributed by atoms with Gasteiger partial charge in [-0.25, -0.2) is 4.68 Å². The minimum Gasteiger partial charge on any atom is -0.290 e. The third-order valence-electron chi connectivity index (χ3n) is 4.11. The van der Waals surface area contributed by atoms with Crippen LogP contribution in [0.2, 0.25) is 0 Å². The predicted molar refractivity (Wildman–Crippen MR) is 96.4 cm³/mol. The number of rotatable bonds is 4. The summed E-state index contributed by atoms with van der Waals surface area (Å²) in [6.07, 6.45) is 2.59. The normalized spacial score (nSPS) is 15.6. The van der Waals surface area contributed by atoms with Crippen LogP contribution in [0.25, 0.3) is 17.2 Å². The van der Waals surface area contributed by atoms with Crippen LogP contribution in [0, 0.1) is 6.92 Å². The van der Waals surface area contributed by atoms with Crippen molar-refractivity contribution in [3.05, 3.63) is 78.0 Å². The lowest BCUT2D eigenvalue weighted by atomic mass is 10.1. The molecule has 2 heterocycles. The molecule has 0 saturated heterocycles. The van der Waals surface area contributed by atoms with E-state index in [9.17, 15) is 4.79 Å². The van der Waals surface area contributed by atoms with Crippen LogP contribution in [0.3, 0.4) is 0 Å². The van der Waals surface area contributed by atoms with Gasteiger partial charge in [0, 0.05) is 0 Å². The fourth-order valence-corrected chi connectivity index (χ4v) is 2.91. The molecular weight excluding hydrogens is 312 g/mol. The van der Waals surface area contributed by atoms with Crippen LogP contribution in [0.1, 0.15) is 17.4 Å². The number of nitrogens with zero attached hydrogens (tertiary/aromatic N) is 4. The van der Waals surface area contributed by atoms with Gasteiger partial charge in [-0.15, -0.1) is 5.11 Å². The van der Waals surface area contributed by atoms with Crippen molar-refractivity contribution in [1.82, 2.24) is 9.78 Å². The lowest BCUT2D eigenvalue weighted by molar-refractivity contribution is -0.117. The second-order valence-electron chi connectivity index (χ2n) is 5.83. The van der Waals surface area contributed by atoms with Crippen LogP contribution in [0.4, 0.5) is 5.82 Å². The van der Waals surface area contributed by atoms with E-state index < -0.39 is 6.17 Å². The maximum absolute atomic E-state index is 12.5. The molecule has 4 rings (SSSR count). The highest BCUT2D eigenvalue weighted by Gasteiger charge is 2.30. The fourth-order valence-electron chi connectivity index (χ4n) is 2.91. The summed E-state index contributed by atoms with van der Waals surface area (Å²) in [5.41, 5.74) is 3.75. The second kappa shape index (κ2) is 6.28. The third-order valence-corrected chi connectivity index (χ3v) is 4.11. The minimum atomic E-state index is -0.730. The van der Waals surface area contributed by atoms with Gasteiger partial charge in [-0.3, -0.25) is 4.79 Å². The molecule has 0 N–H and O–H groups in total. The Bertz CT molecular complexity index is 972. The zero-order valence-corrected chi connectivity index (χ0v) is 13.7. The molecule has 0 saturated carbocycles. The van der Waals surface area contributed by atoms with Crippen LogP contribution >= 0.6 is 0 Å². The number of hydrogen-bond donors (Lipinski definition) is 0. The Balaban J connectivity index is 1.64. The van der Waals surface area contributed by atoms with E-state index in [0.29, 0.717) is 5.82 Å². The molecular formula is C20H16N4O. The van der Waals surface area contributed by atoms with Gasteiger partial charge in [0.2, 0.25) is 11.9 Å². The van der Waals surface area contributed by atoms with E-state index in [1.54, 1.807) is 10.8 Å². The topological polar surface area (TPSA) is 59.6 Å². The lowest BCUT2D eigenvalue weighted by Gasteiger charge is -2.03. The zero-order chi connectivity index (χ0) is 17.2. The predicted octanol–water partition coefficient (Wildman–Crippen LogP) is 4.74. The van der Waals surface area contributed by atoms with Gasteiger partial charge >= 0.3 is 0 Å². The summed E-state index contributed by atoms with van der Waals surface area (Å²) < 4.78 is 1.61. The average Bonchev–Trinajstić information content (AvgIpc) is 3.19. The summed E-state index contributed by atoms with van der Waals surface area (Å²) in [5.74, 6) is 0.489. The number of fused-ring (bicyclic) bond motifs is 1. The molecule has 0 spiro atoms. The molecule has 1 aliphatic rings. The van der Waals surface area contributed by atoms with Crippen molar-refractivity contribution in [2.75, 3.05) is 0 Å². The van der Waals surface area contributed by atoms with Crippen LogP contribution in [0.5, 0.6) is 0 Å². The first-order chi connectivity index (χ1) is 12.2. The molecule has 0 amide bonds. The molecule has 1 unspecified atom stereocenters. The number of aromatic nitrogens is 2. The molecule has 1 atom stereocenters. The van der Waals surface area contributed by atoms with Crippen molar-refractivity contribution in [3.8, 4) is 11.1 Å². The maximum Gasteiger partial charge on any atom is 0.226 e. The highest BCUT2D eigenvalue weighted by molar-refractivity contribution is 5.97. The van der Waals surface area contributed by atoms with E-state index >= 15 is 0 Å². The lowest BCUT2D eigenvalue weighted by Crippen LogP contribution is -2.13. The van der Waals surface area contributed by atoms with E-state index in [0.717, 1.165) is 22.4 Å². The summed E-state index contributed by atoms with van der Waals surface area (Å²) >= 11 is 0. The Morgan fingerprint density at radius 3 is 2.44 bits per heavy atom. The smallest absolute Gasteiger partial charge is 0.226 e. The number of aryl methyl sites for hydroxylation is 1. The molecule has 25 heavy (non-hydrogen) atoms. The van der Waals surface area contributed by atoms with E-state index in [2.05, 4.69) is 15.3 Å².